The third-order valence-electron chi connectivity index (χ3n) is 4.48. The van der Waals surface area contributed by atoms with Gasteiger partial charge in [0, 0.05) is 10.0 Å². The van der Waals surface area contributed by atoms with Crippen molar-refractivity contribution >= 4 is 39.7 Å². The molecular weight excluding hydrogens is 468 g/mol. The number of nitrogens with one attached hydrogen (secondary N) is 1. The summed E-state index contributed by atoms with van der Waals surface area (Å²) in [7, 11) is 1.57. The number of halogens is 2. The minimum absolute atomic E-state index is 0.296. The Bertz CT molecular complexity index is 841. The van der Waals surface area contributed by atoms with Crippen LogP contribution in [0.4, 0.5) is 0 Å². The normalized spacial score (nSPS) is 10.9. The topological polar surface area (TPSA) is 59.9 Å². The zero-order chi connectivity index (χ0) is 21.8. The van der Waals surface area contributed by atoms with Crippen LogP contribution in [-0.4, -0.2) is 25.8 Å². The van der Waals surface area contributed by atoms with Crippen molar-refractivity contribution in [2.45, 2.75) is 45.4 Å². The van der Waals surface area contributed by atoms with Crippen molar-refractivity contribution in [1.82, 2.24) is 5.43 Å². The second-order valence-electron chi connectivity index (χ2n) is 6.86. The molecule has 2 aromatic rings. The summed E-state index contributed by atoms with van der Waals surface area (Å²) in [5.41, 5.74) is 3.71. The molecule has 0 unspecified atom stereocenters. The maximum atomic E-state index is 12.1. The summed E-state index contributed by atoms with van der Waals surface area (Å²) in [4.78, 5) is 12.1. The molecule has 2 aromatic carbocycles. The monoisotopic (exact) mass is 494 g/mol. The molecule has 0 fully saturated rings. The third kappa shape index (κ3) is 8.00. The number of amides is 1. The fourth-order valence-electron chi connectivity index (χ4n) is 2.84. The van der Waals surface area contributed by atoms with Crippen molar-refractivity contribution in [1.29, 1.82) is 0 Å². The molecule has 0 heterocycles. The van der Waals surface area contributed by atoms with Gasteiger partial charge in [0.25, 0.3) is 5.91 Å². The van der Waals surface area contributed by atoms with E-state index in [0.717, 1.165) is 17.3 Å². The van der Waals surface area contributed by atoms with Crippen LogP contribution >= 0.6 is 27.5 Å². The van der Waals surface area contributed by atoms with Gasteiger partial charge in [0.05, 0.1) is 25.0 Å². The summed E-state index contributed by atoms with van der Waals surface area (Å²) < 4.78 is 12.2. The van der Waals surface area contributed by atoms with Crippen LogP contribution < -0.4 is 14.9 Å². The van der Waals surface area contributed by atoms with Gasteiger partial charge in [-0.1, -0.05) is 66.6 Å². The Morgan fingerprint density at radius 3 is 2.53 bits per heavy atom. The molecule has 30 heavy (non-hydrogen) atoms. The van der Waals surface area contributed by atoms with Crippen molar-refractivity contribution < 1.29 is 14.3 Å². The lowest BCUT2D eigenvalue weighted by Gasteiger charge is -2.13. The lowest BCUT2D eigenvalue weighted by atomic mass is 10.1. The quantitative estimate of drug-likeness (QED) is 0.205. The minimum Gasteiger partial charge on any atom is -0.493 e. The number of unbranched alkanes of at least 4 members (excludes halogenated alkanes) is 5. The summed E-state index contributed by atoms with van der Waals surface area (Å²) in [6.07, 6.45) is 8.66. The lowest BCUT2D eigenvalue weighted by molar-refractivity contribution is 0.0955. The Kier molecular flexibility index (Phi) is 10.7. The van der Waals surface area contributed by atoms with Crippen molar-refractivity contribution in [2.24, 2.45) is 5.10 Å². The van der Waals surface area contributed by atoms with Crippen LogP contribution in [0.5, 0.6) is 11.5 Å². The van der Waals surface area contributed by atoms with Crippen molar-refractivity contribution in [3.05, 3.63) is 57.0 Å². The van der Waals surface area contributed by atoms with Crippen LogP contribution in [0.3, 0.4) is 0 Å². The largest absolute Gasteiger partial charge is 0.493 e. The van der Waals surface area contributed by atoms with Gasteiger partial charge in [0.1, 0.15) is 0 Å². The van der Waals surface area contributed by atoms with Crippen LogP contribution in [-0.2, 0) is 0 Å². The smallest absolute Gasteiger partial charge is 0.271 e. The SMILES string of the molecule is CCCCCCCCOc1c(Cl)cc(/C=N/NC(=O)c2ccc(Br)cc2)cc1OC. The number of benzene rings is 2. The van der Waals surface area contributed by atoms with Gasteiger partial charge in [-0.15, -0.1) is 0 Å². The molecule has 2 rings (SSSR count). The van der Waals surface area contributed by atoms with E-state index in [1.165, 1.54) is 31.9 Å². The Labute approximate surface area is 191 Å². The highest BCUT2D eigenvalue weighted by Gasteiger charge is 2.12. The Morgan fingerprint density at radius 1 is 1.13 bits per heavy atom. The molecule has 0 aromatic heterocycles. The third-order valence-corrected chi connectivity index (χ3v) is 5.29. The first-order valence-corrected chi connectivity index (χ1v) is 11.3. The Morgan fingerprint density at radius 2 is 1.83 bits per heavy atom. The zero-order valence-corrected chi connectivity index (χ0v) is 19.8. The maximum absolute atomic E-state index is 12.1. The van der Waals surface area contributed by atoms with E-state index in [9.17, 15) is 4.79 Å². The van der Waals surface area contributed by atoms with Gasteiger partial charge in [-0.2, -0.15) is 5.10 Å². The molecule has 0 spiro atoms. The molecule has 0 radical (unpaired) electrons. The van der Waals surface area contributed by atoms with Crippen molar-refractivity contribution in [3.8, 4) is 11.5 Å². The van der Waals surface area contributed by atoms with E-state index in [-0.39, 0.29) is 5.91 Å². The van der Waals surface area contributed by atoms with Gasteiger partial charge in [-0.3, -0.25) is 4.79 Å². The second kappa shape index (κ2) is 13.3. The number of hydrogen-bond acceptors (Lipinski definition) is 4. The van der Waals surface area contributed by atoms with Gasteiger partial charge >= 0.3 is 0 Å². The summed E-state index contributed by atoms with van der Waals surface area (Å²) in [5, 5.41) is 4.45. The van der Waals surface area contributed by atoms with E-state index in [0.29, 0.717) is 34.3 Å². The summed E-state index contributed by atoms with van der Waals surface area (Å²) in [6, 6.07) is 10.5. The van der Waals surface area contributed by atoms with Gasteiger partial charge in [0.2, 0.25) is 0 Å². The number of carbonyl (C=O) groups is 1. The first-order valence-electron chi connectivity index (χ1n) is 10.1. The number of nitrogens with zero attached hydrogens (tertiary/aromatic N) is 1. The van der Waals surface area contributed by atoms with Crippen molar-refractivity contribution in [3.63, 3.8) is 0 Å². The molecule has 0 bridgehead atoms. The number of carbonyl (C=O) groups excluding carboxylic acids is 1. The molecular formula is C23H28BrClN2O3. The highest BCUT2D eigenvalue weighted by atomic mass is 79.9. The van der Waals surface area contributed by atoms with Crippen molar-refractivity contribution in [2.75, 3.05) is 13.7 Å². The maximum Gasteiger partial charge on any atom is 0.271 e. The van der Waals surface area contributed by atoms with Crippen LogP contribution in [0.2, 0.25) is 5.02 Å². The highest BCUT2D eigenvalue weighted by Crippen LogP contribution is 2.36. The van der Waals surface area contributed by atoms with E-state index < -0.39 is 0 Å². The molecule has 0 saturated heterocycles. The molecule has 0 saturated carbocycles. The number of hydrazone groups is 1. The lowest BCUT2D eigenvalue weighted by Crippen LogP contribution is -2.17. The molecule has 1 amide bonds. The van der Waals surface area contributed by atoms with Crippen LogP contribution in [0, 0.1) is 0 Å². The summed E-state index contributed by atoms with van der Waals surface area (Å²) in [6.45, 7) is 2.81. The zero-order valence-electron chi connectivity index (χ0n) is 17.4. The standard InChI is InChI=1S/C23H28BrClN2O3/c1-3-4-5-6-7-8-13-30-22-20(25)14-17(15-21(22)29-2)16-26-27-23(28)18-9-11-19(24)12-10-18/h9-12,14-16H,3-8,13H2,1-2H3,(H,27,28)/b26-16+. The predicted octanol–water partition coefficient (Wildman–Crippen LogP) is 6.61. The molecule has 0 aliphatic carbocycles. The first-order chi connectivity index (χ1) is 14.5. The van der Waals surface area contributed by atoms with E-state index in [1.807, 2.05) is 0 Å². The van der Waals surface area contributed by atoms with E-state index in [4.69, 9.17) is 21.1 Å². The first kappa shape index (κ1) is 24.2. The number of hydrogen-bond donors (Lipinski definition) is 1. The summed E-state index contributed by atoms with van der Waals surface area (Å²) in [5.74, 6) is 0.772. The second-order valence-corrected chi connectivity index (χ2v) is 8.18. The van der Waals surface area contributed by atoms with Crippen LogP contribution in [0.1, 0.15) is 61.4 Å². The Hall–Kier alpha value is -2.05. The average Bonchev–Trinajstić information content (AvgIpc) is 2.74. The minimum atomic E-state index is -0.296. The van der Waals surface area contributed by atoms with E-state index >= 15 is 0 Å². The molecule has 5 nitrogen and oxygen atoms in total. The molecule has 0 aliphatic heterocycles. The highest BCUT2D eigenvalue weighted by molar-refractivity contribution is 9.10. The van der Waals surface area contributed by atoms with Gasteiger partial charge in [-0.05, 0) is 48.4 Å². The van der Waals surface area contributed by atoms with Gasteiger partial charge in [0.15, 0.2) is 11.5 Å². The molecule has 0 aliphatic rings. The average molecular weight is 496 g/mol. The van der Waals surface area contributed by atoms with E-state index in [2.05, 4.69) is 33.4 Å². The predicted molar refractivity (Wildman–Crippen MR) is 126 cm³/mol. The molecule has 1 N–H and O–H groups in total. The molecule has 162 valence electrons. The number of rotatable bonds is 12. The van der Waals surface area contributed by atoms with E-state index in [1.54, 1.807) is 43.5 Å². The summed E-state index contributed by atoms with van der Waals surface area (Å²) >= 11 is 9.73. The van der Waals surface area contributed by atoms with Crippen LogP contribution in [0.25, 0.3) is 0 Å². The Balaban J connectivity index is 1.91. The van der Waals surface area contributed by atoms with Gasteiger partial charge in [-0.25, -0.2) is 5.43 Å². The number of ether oxygens (including phenoxy) is 2. The fraction of sp³-hybridized carbons (Fsp3) is 0.391. The fourth-order valence-corrected chi connectivity index (χ4v) is 3.38. The molecule has 7 heteroatoms. The van der Waals surface area contributed by atoms with Gasteiger partial charge < -0.3 is 9.47 Å². The number of methoxy groups -OCH3 is 1. The molecule has 0 atom stereocenters. The van der Waals surface area contributed by atoms with Crippen LogP contribution in [0.15, 0.2) is 46.0 Å².